The maximum atomic E-state index is 11.3. The second-order valence-corrected chi connectivity index (χ2v) is 4.95. The molecule has 0 aromatic heterocycles. The maximum Gasteiger partial charge on any atom is 0.187 e. The number of hydrogen-bond acceptors (Lipinski definition) is 5. The van der Waals surface area contributed by atoms with E-state index in [1.54, 1.807) is 13.2 Å². The van der Waals surface area contributed by atoms with Crippen LogP contribution in [0, 0.1) is 0 Å². The van der Waals surface area contributed by atoms with Crippen molar-refractivity contribution in [3.63, 3.8) is 0 Å². The van der Waals surface area contributed by atoms with E-state index >= 15 is 0 Å². The number of fused-ring (bicyclic) bond motifs is 1. The molecule has 2 aliphatic heterocycles. The van der Waals surface area contributed by atoms with E-state index in [1.165, 1.54) is 6.08 Å². The van der Waals surface area contributed by atoms with Crippen LogP contribution in [0.4, 0.5) is 0 Å². The fraction of sp³-hybridized carbons (Fsp3) is 0.769. The minimum absolute atomic E-state index is 0.0641. The first kappa shape index (κ1) is 13.7. The zero-order valence-electron chi connectivity index (χ0n) is 11.2. The Kier molecular flexibility index (Phi) is 3.87. The highest BCUT2D eigenvalue weighted by Gasteiger charge is 2.54. The number of ether oxygens (including phenoxy) is 4. The third-order valence-electron chi connectivity index (χ3n) is 3.10. The van der Waals surface area contributed by atoms with Crippen LogP contribution in [-0.2, 0) is 23.7 Å². The standard InChI is InChI=1S/C13H20O5/c1-5-8(14)6-7-9-10-11(12(15-4)16-9)18-13(2,3)17-10/h6-7,9-12H,5H2,1-4H3/t9-,10-,11-,12-/m1/s1. The van der Waals surface area contributed by atoms with Crippen molar-refractivity contribution >= 4 is 5.78 Å². The molecule has 2 rings (SSSR count). The molecule has 2 heterocycles. The predicted molar refractivity (Wildman–Crippen MR) is 63.9 cm³/mol. The van der Waals surface area contributed by atoms with E-state index in [-0.39, 0.29) is 24.1 Å². The number of carbonyl (C=O) groups is 1. The lowest BCUT2D eigenvalue weighted by Gasteiger charge is -2.22. The molecule has 0 N–H and O–H groups in total. The molecular weight excluding hydrogens is 236 g/mol. The Morgan fingerprint density at radius 2 is 2.00 bits per heavy atom. The quantitative estimate of drug-likeness (QED) is 0.712. The summed E-state index contributed by atoms with van der Waals surface area (Å²) in [5.41, 5.74) is 0. The average molecular weight is 256 g/mol. The Balaban J connectivity index is 2.09. The Hall–Kier alpha value is -0.750. The molecule has 2 aliphatic rings. The third kappa shape index (κ3) is 2.64. The molecule has 4 atom stereocenters. The first-order valence-corrected chi connectivity index (χ1v) is 6.22. The van der Waals surface area contributed by atoms with Gasteiger partial charge in [-0.2, -0.15) is 0 Å². The van der Waals surface area contributed by atoms with Crippen molar-refractivity contribution < 1.29 is 23.7 Å². The molecule has 5 heteroatoms. The number of rotatable bonds is 4. The fourth-order valence-electron chi connectivity index (χ4n) is 2.26. The van der Waals surface area contributed by atoms with Crippen LogP contribution in [0.1, 0.15) is 27.2 Å². The molecule has 0 spiro atoms. The van der Waals surface area contributed by atoms with Gasteiger partial charge in [-0.05, 0) is 26.0 Å². The molecule has 0 aromatic rings. The van der Waals surface area contributed by atoms with Crippen molar-refractivity contribution in [1.29, 1.82) is 0 Å². The van der Waals surface area contributed by atoms with Gasteiger partial charge in [-0.1, -0.05) is 6.92 Å². The van der Waals surface area contributed by atoms with Gasteiger partial charge in [-0.25, -0.2) is 0 Å². The summed E-state index contributed by atoms with van der Waals surface area (Å²) in [6, 6.07) is 0. The van der Waals surface area contributed by atoms with Crippen LogP contribution in [0.3, 0.4) is 0 Å². The van der Waals surface area contributed by atoms with E-state index < -0.39 is 12.1 Å². The third-order valence-corrected chi connectivity index (χ3v) is 3.10. The molecule has 18 heavy (non-hydrogen) atoms. The lowest BCUT2D eigenvalue weighted by Crippen LogP contribution is -2.30. The summed E-state index contributed by atoms with van der Waals surface area (Å²) >= 11 is 0. The number of carbonyl (C=O) groups excluding carboxylic acids is 1. The summed E-state index contributed by atoms with van der Waals surface area (Å²) in [5, 5.41) is 0. The van der Waals surface area contributed by atoms with E-state index in [4.69, 9.17) is 18.9 Å². The van der Waals surface area contributed by atoms with Gasteiger partial charge < -0.3 is 18.9 Å². The normalized spacial score (nSPS) is 38.2. The van der Waals surface area contributed by atoms with Gasteiger partial charge in [0.15, 0.2) is 17.9 Å². The van der Waals surface area contributed by atoms with Crippen molar-refractivity contribution in [2.75, 3.05) is 7.11 Å². The second-order valence-electron chi connectivity index (χ2n) is 4.95. The molecular formula is C13H20O5. The Morgan fingerprint density at radius 1 is 1.33 bits per heavy atom. The van der Waals surface area contributed by atoms with Gasteiger partial charge >= 0.3 is 0 Å². The van der Waals surface area contributed by atoms with E-state index in [0.717, 1.165) is 0 Å². The van der Waals surface area contributed by atoms with Gasteiger partial charge in [0.25, 0.3) is 0 Å². The van der Waals surface area contributed by atoms with Crippen molar-refractivity contribution in [2.24, 2.45) is 0 Å². The molecule has 2 fully saturated rings. The van der Waals surface area contributed by atoms with Crippen molar-refractivity contribution in [2.45, 2.75) is 57.6 Å². The molecule has 0 bridgehead atoms. The lowest BCUT2D eigenvalue weighted by molar-refractivity contribution is -0.221. The monoisotopic (exact) mass is 256 g/mol. The minimum atomic E-state index is -0.642. The first-order valence-electron chi connectivity index (χ1n) is 6.22. The van der Waals surface area contributed by atoms with Gasteiger partial charge in [0.1, 0.15) is 18.3 Å². The first-order chi connectivity index (χ1) is 8.46. The van der Waals surface area contributed by atoms with E-state index in [0.29, 0.717) is 6.42 Å². The van der Waals surface area contributed by atoms with Crippen LogP contribution >= 0.6 is 0 Å². The van der Waals surface area contributed by atoms with Crippen LogP contribution in [0.15, 0.2) is 12.2 Å². The molecule has 2 saturated heterocycles. The Labute approximate surface area is 107 Å². The van der Waals surface area contributed by atoms with Gasteiger partial charge in [0.05, 0.1) is 0 Å². The van der Waals surface area contributed by atoms with Gasteiger partial charge in [0.2, 0.25) is 0 Å². The predicted octanol–water partition coefficient (Wildman–Crippen LogP) is 1.41. The van der Waals surface area contributed by atoms with Crippen LogP contribution < -0.4 is 0 Å². The number of ketones is 1. The highest BCUT2D eigenvalue weighted by molar-refractivity contribution is 5.89. The summed E-state index contributed by atoms with van der Waals surface area (Å²) < 4.78 is 22.4. The smallest absolute Gasteiger partial charge is 0.187 e. The Morgan fingerprint density at radius 3 is 2.61 bits per heavy atom. The summed E-state index contributed by atoms with van der Waals surface area (Å²) in [6.45, 7) is 5.53. The molecule has 0 saturated carbocycles. The van der Waals surface area contributed by atoms with Gasteiger partial charge in [-0.3, -0.25) is 4.79 Å². The maximum absolute atomic E-state index is 11.3. The highest BCUT2D eigenvalue weighted by Crippen LogP contribution is 2.39. The number of methoxy groups -OCH3 is 1. The summed E-state index contributed by atoms with van der Waals surface area (Å²) in [6.07, 6.45) is 2.50. The molecule has 102 valence electrons. The SMILES string of the molecule is CCC(=O)C=C[C@H]1O[C@@H](OC)[C@@H]2OC(C)(C)O[C@@H]21. The molecule has 0 aromatic carbocycles. The summed E-state index contributed by atoms with van der Waals surface area (Å²) in [5.74, 6) is -0.578. The van der Waals surface area contributed by atoms with E-state index in [2.05, 4.69) is 0 Å². The fourth-order valence-corrected chi connectivity index (χ4v) is 2.26. The minimum Gasteiger partial charge on any atom is -0.353 e. The molecule has 5 nitrogen and oxygen atoms in total. The van der Waals surface area contributed by atoms with Crippen LogP contribution in [0.5, 0.6) is 0 Å². The molecule has 0 amide bonds. The number of allylic oxidation sites excluding steroid dienone is 1. The zero-order chi connectivity index (χ0) is 13.3. The largest absolute Gasteiger partial charge is 0.353 e. The topological polar surface area (TPSA) is 54.0 Å². The van der Waals surface area contributed by atoms with Gasteiger partial charge in [-0.15, -0.1) is 0 Å². The number of hydrogen-bond donors (Lipinski definition) is 0. The molecule has 0 unspecified atom stereocenters. The highest BCUT2D eigenvalue weighted by atomic mass is 16.8. The zero-order valence-corrected chi connectivity index (χ0v) is 11.2. The molecule has 0 radical (unpaired) electrons. The van der Waals surface area contributed by atoms with Crippen molar-refractivity contribution in [1.82, 2.24) is 0 Å². The Bertz CT molecular complexity index is 349. The molecule has 0 aliphatic carbocycles. The van der Waals surface area contributed by atoms with E-state index in [9.17, 15) is 4.79 Å². The van der Waals surface area contributed by atoms with Crippen molar-refractivity contribution in [3.05, 3.63) is 12.2 Å². The summed E-state index contributed by atoms with van der Waals surface area (Å²) in [7, 11) is 1.57. The van der Waals surface area contributed by atoms with Crippen LogP contribution in [0.2, 0.25) is 0 Å². The summed E-state index contributed by atoms with van der Waals surface area (Å²) in [4.78, 5) is 11.3. The van der Waals surface area contributed by atoms with E-state index in [1.807, 2.05) is 20.8 Å². The van der Waals surface area contributed by atoms with Crippen molar-refractivity contribution in [3.8, 4) is 0 Å². The second kappa shape index (κ2) is 5.09. The average Bonchev–Trinajstić information content (AvgIpc) is 2.79. The van der Waals surface area contributed by atoms with Crippen LogP contribution in [-0.4, -0.2) is 43.3 Å². The van der Waals surface area contributed by atoms with Crippen LogP contribution in [0.25, 0.3) is 0 Å². The van der Waals surface area contributed by atoms with Gasteiger partial charge in [0, 0.05) is 13.5 Å². The lowest BCUT2D eigenvalue weighted by atomic mass is 10.1.